The molecule has 1 aliphatic heterocycles. The van der Waals surface area contributed by atoms with Crippen LogP contribution in [-0.4, -0.2) is 35.6 Å². The fourth-order valence-electron chi connectivity index (χ4n) is 3.06. The number of rotatable bonds is 5. The molecule has 0 bridgehead atoms. The lowest BCUT2D eigenvalue weighted by atomic mass is 9.91. The highest BCUT2D eigenvalue weighted by molar-refractivity contribution is 6.32. The highest BCUT2D eigenvalue weighted by atomic mass is 35.5. The first-order valence-corrected chi connectivity index (χ1v) is 8.09. The molecule has 0 spiro atoms. The van der Waals surface area contributed by atoms with Gasteiger partial charge >= 0.3 is 0 Å². The van der Waals surface area contributed by atoms with Crippen molar-refractivity contribution in [2.75, 3.05) is 25.0 Å². The summed E-state index contributed by atoms with van der Waals surface area (Å²) in [5.74, 6) is 0.686. The Morgan fingerprint density at radius 1 is 1.55 bits per heavy atom. The lowest BCUT2D eigenvalue weighted by molar-refractivity contribution is 0.165. The minimum absolute atomic E-state index is 0.426. The Hall–Kier alpha value is -0.800. The lowest BCUT2D eigenvalue weighted by Crippen LogP contribution is -2.42. The standard InChI is InChI=1S/C16H26ClN3/c1-4-9-20-10-5-6-14(11-20)13(3)19-15-12(2)7-8-18-16(15)17/h7-8,13-14,19H,4-6,9-11H2,1-3H3. The minimum Gasteiger partial charge on any atom is -0.380 e. The first-order valence-electron chi connectivity index (χ1n) is 7.71. The molecule has 0 aliphatic carbocycles. The van der Waals surface area contributed by atoms with Gasteiger partial charge in [0.05, 0.1) is 5.69 Å². The van der Waals surface area contributed by atoms with Crippen molar-refractivity contribution < 1.29 is 0 Å². The summed E-state index contributed by atoms with van der Waals surface area (Å²) >= 11 is 6.21. The van der Waals surface area contributed by atoms with Gasteiger partial charge in [0.15, 0.2) is 5.15 Å². The molecular weight excluding hydrogens is 270 g/mol. The topological polar surface area (TPSA) is 28.2 Å². The molecule has 1 fully saturated rings. The van der Waals surface area contributed by atoms with E-state index in [0.29, 0.717) is 17.1 Å². The smallest absolute Gasteiger partial charge is 0.152 e. The maximum atomic E-state index is 6.21. The van der Waals surface area contributed by atoms with Crippen LogP contribution in [0.15, 0.2) is 12.3 Å². The highest BCUT2D eigenvalue weighted by Crippen LogP contribution is 2.27. The van der Waals surface area contributed by atoms with Crippen LogP contribution in [0.5, 0.6) is 0 Å². The maximum absolute atomic E-state index is 6.21. The number of hydrogen-bond acceptors (Lipinski definition) is 3. The molecule has 0 aromatic carbocycles. The number of anilines is 1. The second-order valence-corrected chi connectivity index (χ2v) is 6.29. The Morgan fingerprint density at radius 2 is 2.35 bits per heavy atom. The molecule has 20 heavy (non-hydrogen) atoms. The van der Waals surface area contributed by atoms with Crippen LogP contribution in [0.3, 0.4) is 0 Å². The Morgan fingerprint density at radius 3 is 3.05 bits per heavy atom. The molecule has 2 atom stereocenters. The third-order valence-electron chi connectivity index (χ3n) is 4.27. The molecule has 1 aromatic rings. The molecule has 3 nitrogen and oxygen atoms in total. The Kier molecular flexibility index (Phi) is 5.67. The zero-order valence-corrected chi connectivity index (χ0v) is 13.6. The van der Waals surface area contributed by atoms with Gasteiger partial charge in [0, 0.05) is 18.8 Å². The van der Waals surface area contributed by atoms with Gasteiger partial charge in [0.25, 0.3) is 0 Å². The predicted molar refractivity (Wildman–Crippen MR) is 86.5 cm³/mol. The quantitative estimate of drug-likeness (QED) is 0.833. The fraction of sp³-hybridized carbons (Fsp3) is 0.688. The highest BCUT2D eigenvalue weighted by Gasteiger charge is 2.24. The van der Waals surface area contributed by atoms with Crippen LogP contribution in [-0.2, 0) is 0 Å². The molecule has 1 aliphatic rings. The van der Waals surface area contributed by atoms with E-state index in [1.807, 2.05) is 6.07 Å². The molecule has 1 N–H and O–H groups in total. The van der Waals surface area contributed by atoms with Gasteiger partial charge in [-0.05, 0) is 63.7 Å². The molecule has 1 saturated heterocycles. The van der Waals surface area contributed by atoms with Crippen LogP contribution in [0.25, 0.3) is 0 Å². The maximum Gasteiger partial charge on any atom is 0.152 e. The number of likely N-dealkylation sites (tertiary alicyclic amines) is 1. The summed E-state index contributed by atoms with van der Waals surface area (Å²) in [7, 11) is 0. The Labute approximate surface area is 127 Å². The van der Waals surface area contributed by atoms with Crippen molar-refractivity contribution in [1.82, 2.24) is 9.88 Å². The van der Waals surface area contributed by atoms with Gasteiger partial charge in [0.1, 0.15) is 0 Å². The number of halogens is 1. The zero-order chi connectivity index (χ0) is 14.5. The van der Waals surface area contributed by atoms with Crippen molar-refractivity contribution >= 4 is 17.3 Å². The van der Waals surface area contributed by atoms with Gasteiger partial charge in [0.2, 0.25) is 0 Å². The van der Waals surface area contributed by atoms with E-state index in [1.165, 1.54) is 38.9 Å². The van der Waals surface area contributed by atoms with E-state index in [2.05, 4.69) is 36.0 Å². The summed E-state index contributed by atoms with van der Waals surface area (Å²) in [6.07, 6.45) is 5.60. The van der Waals surface area contributed by atoms with Crippen molar-refractivity contribution in [3.63, 3.8) is 0 Å². The summed E-state index contributed by atoms with van der Waals surface area (Å²) in [5, 5.41) is 4.17. The first-order chi connectivity index (χ1) is 9.61. The van der Waals surface area contributed by atoms with E-state index in [1.54, 1.807) is 6.20 Å². The number of nitrogens with one attached hydrogen (secondary N) is 1. The van der Waals surface area contributed by atoms with Gasteiger partial charge in [-0.25, -0.2) is 4.98 Å². The molecule has 0 radical (unpaired) electrons. The van der Waals surface area contributed by atoms with Gasteiger partial charge in [-0.2, -0.15) is 0 Å². The Balaban J connectivity index is 1.99. The predicted octanol–water partition coefficient (Wildman–Crippen LogP) is 3.97. The second-order valence-electron chi connectivity index (χ2n) is 5.93. The number of hydrogen-bond donors (Lipinski definition) is 1. The third kappa shape index (κ3) is 3.86. The van der Waals surface area contributed by atoms with E-state index >= 15 is 0 Å². The van der Waals surface area contributed by atoms with Crippen LogP contribution >= 0.6 is 11.6 Å². The minimum atomic E-state index is 0.426. The van der Waals surface area contributed by atoms with Gasteiger partial charge < -0.3 is 10.2 Å². The van der Waals surface area contributed by atoms with Gasteiger partial charge in [-0.15, -0.1) is 0 Å². The molecule has 4 heteroatoms. The molecule has 2 heterocycles. The molecule has 2 rings (SSSR count). The summed E-state index contributed by atoms with van der Waals surface area (Å²) in [6.45, 7) is 10.3. The van der Waals surface area contributed by atoms with E-state index in [-0.39, 0.29) is 0 Å². The van der Waals surface area contributed by atoms with Crippen LogP contribution in [0.4, 0.5) is 5.69 Å². The van der Waals surface area contributed by atoms with Crippen molar-refractivity contribution in [3.8, 4) is 0 Å². The first kappa shape index (κ1) is 15.6. The second kappa shape index (κ2) is 7.28. The summed E-state index contributed by atoms with van der Waals surface area (Å²) in [4.78, 5) is 6.76. The largest absolute Gasteiger partial charge is 0.380 e. The van der Waals surface area contributed by atoms with Crippen molar-refractivity contribution in [2.45, 2.75) is 46.1 Å². The Bertz CT molecular complexity index is 413. The lowest BCUT2D eigenvalue weighted by Gasteiger charge is -2.36. The molecule has 0 saturated carbocycles. The van der Waals surface area contributed by atoms with Gasteiger partial charge in [-0.3, -0.25) is 0 Å². The number of nitrogens with zero attached hydrogens (tertiary/aromatic N) is 2. The van der Waals surface area contributed by atoms with Crippen LogP contribution < -0.4 is 5.32 Å². The SMILES string of the molecule is CCCN1CCCC(C(C)Nc2c(C)ccnc2Cl)C1. The zero-order valence-electron chi connectivity index (χ0n) is 12.8. The van der Waals surface area contributed by atoms with Crippen LogP contribution in [0.1, 0.15) is 38.7 Å². The summed E-state index contributed by atoms with van der Waals surface area (Å²) < 4.78 is 0. The summed E-state index contributed by atoms with van der Waals surface area (Å²) in [5.41, 5.74) is 2.16. The van der Waals surface area contributed by atoms with Gasteiger partial charge in [-0.1, -0.05) is 18.5 Å². The molecule has 2 unspecified atom stereocenters. The van der Waals surface area contributed by atoms with E-state index in [4.69, 9.17) is 11.6 Å². The van der Waals surface area contributed by atoms with Crippen LogP contribution in [0, 0.1) is 12.8 Å². The molecule has 1 aromatic heterocycles. The number of pyridine rings is 1. The van der Waals surface area contributed by atoms with E-state index in [9.17, 15) is 0 Å². The van der Waals surface area contributed by atoms with Crippen molar-refractivity contribution in [1.29, 1.82) is 0 Å². The summed E-state index contributed by atoms with van der Waals surface area (Å²) in [6, 6.07) is 2.43. The third-order valence-corrected chi connectivity index (χ3v) is 4.56. The molecule has 112 valence electrons. The van der Waals surface area contributed by atoms with E-state index < -0.39 is 0 Å². The van der Waals surface area contributed by atoms with E-state index in [0.717, 1.165) is 11.3 Å². The number of aryl methyl sites for hydroxylation is 1. The average Bonchev–Trinajstić information content (AvgIpc) is 2.43. The van der Waals surface area contributed by atoms with Crippen molar-refractivity contribution in [2.24, 2.45) is 5.92 Å². The van der Waals surface area contributed by atoms with Crippen molar-refractivity contribution in [3.05, 3.63) is 23.0 Å². The molecular formula is C16H26ClN3. The van der Waals surface area contributed by atoms with Crippen LogP contribution in [0.2, 0.25) is 5.15 Å². The monoisotopic (exact) mass is 295 g/mol. The number of piperidine rings is 1. The fourth-order valence-corrected chi connectivity index (χ4v) is 3.32. The molecule has 0 amide bonds. The average molecular weight is 296 g/mol. The number of aromatic nitrogens is 1. The normalized spacial score (nSPS) is 21.7.